The third-order valence-electron chi connectivity index (χ3n) is 6.48. The summed E-state index contributed by atoms with van der Waals surface area (Å²) in [6.07, 6.45) is 7.73. The summed E-state index contributed by atoms with van der Waals surface area (Å²) in [6, 6.07) is 20.2. The van der Waals surface area contributed by atoms with Crippen LogP contribution in [0.3, 0.4) is 0 Å². The van der Waals surface area contributed by atoms with Crippen molar-refractivity contribution >= 4 is 18.1 Å². The van der Waals surface area contributed by atoms with Crippen LogP contribution in [0.15, 0.2) is 54.6 Å². The van der Waals surface area contributed by atoms with Gasteiger partial charge in [-0.2, -0.15) is 0 Å². The largest absolute Gasteiger partial charge is 0.339 e. The molecule has 1 N–H and O–H groups in total. The first kappa shape index (κ1) is 16.8. The Bertz CT molecular complexity index is 826. The van der Waals surface area contributed by atoms with Crippen LogP contribution < -0.4 is 5.32 Å². The predicted octanol–water partition coefficient (Wildman–Crippen LogP) is 3.92. The van der Waals surface area contributed by atoms with E-state index in [9.17, 15) is 4.79 Å². The number of nitrogens with zero attached hydrogens (tertiary/aromatic N) is 1. The Balaban J connectivity index is 1.23. The number of carbonyl (C=O) groups excluding carboxylic acids is 1. The number of amides is 1. The Morgan fingerprint density at radius 3 is 2.11 bits per heavy atom. The van der Waals surface area contributed by atoms with Crippen molar-refractivity contribution in [2.75, 3.05) is 13.1 Å². The quantitative estimate of drug-likeness (QED) is 0.840. The number of fused-ring (bicyclic) bond motifs is 2. The third-order valence-corrected chi connectivity index (χ3v) is 6.48. The molecule has 3 saturated heterocycles. The van der Waals surface area contributed by atoms with E-state index in [-0.39, 0.29) is 0 Å². The Morgan fingerprint density at radius 2 is 1.52 bits per heavy atom. The first-order chi connectivity index (χ1) is 13.3. The van der Waals surface area contributed by atoms with E-state index in [0.29, 0.717) is 29.8 Å². The van der Waals surface area contributed by atoms with Gasteiger partial charge in [0, 0.05) is 37.0 Å². The lowest BCUT2D eigenvalue weighted by Crippen LogP contribution is -2.72. The average Bonchev–Trinajstić information content (AvgIpc) is 2.67. The van der Waals surface area contributed by atoms with Gasteiger partial charge in [0.1, 0.15) is 0 Å². The van der Waals surface area contributed by atoms with Crippen molar-refractivity contribution < 1.29 is 4.79 Å². The Labute approximate surface area is 161 Å². The number of hydrogen-bond acceptors (Lipinski definition) is 2. The van der Waals surface area contributed by atoms with Crippen LogP contribution in [0.25, 0.3) is 12.2 Å². The van der Waals surface area contributed by atoms with Crippen molar-refractivity contribution in [3.63, 3.8) is 0 Å². The van der Waals surface area contributed by atoms with E-state index in [1.807, 2.05) is 6.07 Å². The molecule has 27 heavy (non-hydrogen) atoms. The lowest BCUT2D eigenvalue weighted by Gasteiger charge is -2.55. The minimum absolute atomic E-state index is 0.316. The maximum absolute atomic E-state index is 12.5. The van der Waals surface area contributed by atoms with Gasteiger partial charge < -0.3 is 10.2 Å². The summed E-state index contributed by atoms with van der Waals surface area (Å²) in [4.78, 5) is 14.6. The second kappa shape index (κ2) is 6.97. The van der Waals surface area contributed by atoms with Gasteiger partial charge in [-0.25, -0.2) is 0 Å². The summed E-state index contributed by atoms with van der Waals surface area (Å²) >= 11 is 0. The van der Waals surface area contributed by atoms with E-state index in [1.165, 1.54) is 23.1 Å². The number of benzene rings is 2. The molecule has 1 saturated carbocycles. The van der Waals surface area contributed by atoms with Gasteiger partial charge >= 0.3 is 0 Å². The maximum Gasteiger partial charge on any atom is 0.225 e. The molecule has 3 atom stereocenters. The molecule has 4 fully saturated rings. The zero-order valence-corrected chi connectivity index (χ0v) is 15.6. The molecule has 1 unspecified atom stereocenters. The smallest absolute Gasteiger partial charge is 0.225 e. The summed E-state index contributed by atoms with van der Waals surface area (Å²) < 4.78 is 0. The van der Waals surface area contributed by atoms with Crippen LogP contribution >= 0.6 is 0 Å². The summed E-state index contributed by atoms with van der Waals surface area (Å²) in [5, 5.41) is 3.64. The molecule has 1 amide bonds. The van der Waals surface area contributed by atoms with Crippen LogP contribution in [0.5, 0.6) is 0 Å². The SMILES string of the molecule is O=C(C1CCC1)N1C[C@@H]2N[C@H](C1)C2c1ccc(/C=C/c2ccccc2)cc1. The normalized spacial score (nSPS) is 27.3. The van der Waals surface area contributed by atoms with E-state index >= 15 is 0 Å². The molecule has 2 bridgehead atoms. The lowest BCUT2D eigenvalue weighted by molar-refractivity contribution is -0.143. The molecule has 138 valence electrons. The van der Waals surface area contributed by atoms with Crippen molar-refractivity contribution in [2.45, 2.75) is 37.3 Å². The minimum atomic E-state index is 0.316. The van der Waals surface area contributed by atoms with Crippen LogP contribution in [0.1, 0.15) is 41.9 Å². The summed E-state index contributed by atoms with van der Waals surface area (Å²) in [5.41, 5.74) is 3.84. The summed E-state index contributed by atoms with van der Waals surface area (Å²) in [7, 11) is 0. The third kappa shape index (κ3) is 3.21. The molecule has 0 aromatic heterocycles. The van der Waals surface area contributed by atoms with Crippen molar-refractivity contribution in [1.29, 1.82) is 0 Å². The summed E-state index contributed by atoms with van der Waals surface area (Å²) in [6.45, 7) is 1.73. The van der Waals surface area contributed by atoms with Gasteiger partial charge in [-0.05, 0) is 29.5 Å². The first-order valence-electron chi connectivity index (χ1n) is 10.2. The zero-order valence-electron chi connectivity index (χ0n) is 15.6. The molecule has 0 radical (unpaired) electrons. The maximum atomic E-state index is 12.5. The van der Waals surface area contributed by atoms with E-state index < -0.39 is 0 Å². The number of nitrogens with one attached hydrogen (secondary N) is 1. The van der Waals surface area contributed by atoms with E-state index in [0.717, 1.165) is 25.9 Å². The van der Waals surface area contributed by atoms with Crippen LogP contribution in [0.2, 0.25) is 0 Å². The molecule has 6 rings (SSSR count). The highest BCUT2D eigenvalue weighted by Gasteiger charge is 2.48. The topological polar surface area (TPSA) is 32.3 Å². The summed E-state index contributed by atoms with van der Waals surface area (Å²) in [5.74, 6) is 1.26. The van der Waals surface area contributed by atoms with Gasteiger partial charge in [0.25, 0.3) is 0 Å². The molecular formula is C24H26N2O. The van der Waals surface area contributed by atoms with Gasteiger partial charge in [0.05, 0.1) is 0 Å². The molecule has 4 aliphatic rings. The van der Waals surface area contributed by atoms with E-state index in [4.69, 9.17) is 0 Å². The van der Waals surface area contributed by atoms with Crippen LogP contribution in [0, 0.1) is 5.92 Å². The molecule has 3 nitrogen and oxygen atoms in total. The molecular weight excluding hydrogens is 332 g/mol. The van der Waals surface area contributed by atoms with Crippen molar-refractivity contribution in [2.24, 2.45) is 5.92 Å². The van der Waals surface area contributed by atoms with Gasteiger partial charge in [0.15, 0.2) is 0 Å². The monoisotopic (exact) mass is 358 g/mol. The number of rotatable bonds is 4. The minimum Gasteiger partial charge on any atom is -0.339 e. The highest BCUT2D eigenvalue weighted by molar-refractivity contribution is 5.80. The standard InChI is InChI=1S/C24H26N2O/c27-24(20-7-4-8-20)26-15-21-23(22(16-26)25-21)19-13-11-18(12-14-19)10-9-17-5-2-1-3-6-17/h1-3,5-6,9-14,20-23,25H,4,7-8,15-16H2/b10-9+/t21-,22+,23?. The number of piperazine rings is 1. The zero-order chi connectivity index (χ0) is 18.2. The second-order valence-corrected chi connectivity index (χ2v) is 8.19. The fourth-order valence-corrected chi connectivity index (χ4v) is 4.67. The molecule has 2 aromatic rings. The van der Waals surface area contributed by atoms with E-state index in [2.05, 4.69) is 70.9 Å². The average molecular weight is 358 g/mol. The van der Waals surface area contributed by atoms with Gasteiger partial charge in [-0.3, -0.25) is 4.79 Å². The van der Waals surface area contributed by atoms with E-state index in [1.54, 1.807) is 0 Å². The molecule has 3 heterocycles. The van der Waals surface area contributed by atoms with Gasteiger partial charge in [0.2, 0.25) is 5.91 Å². The van der Waals surface area contributed by atoms with Crippen molar-refractivity contribution in [3.8, 4) is 0 Å². The van der Waals surface area contributed by atoms with Crippen molar-refractivity contribution in [1.82, 2.24) is 10.2 Å². The number of piperidine rings is 1. The Hall–Kier alpha value is -2.39. The molecule has 2 aromatic carbocycles. The molecule has 3 aliphatic heterocycles. The highest BCUT2D eigenvalue weighted by Crippen LogP contribution is 2.38. The number of carbonyl (C=O) groups is 1. The highest BCUT2D eigenvalue weighted by atomic mass is 16.2. The first-order valence-corrected chi connectivity index (χ1v) is 10.2. The lowest BCUT2D eigenvalue weighted by atomic mass is 9.73. The fourth-order valence-electron chi connectivity index (χ4n) is 4.67. The van der Waals surface area contributed by atoms with Gasteiger partial charge in [-0.15, -0.1) is 0 Å². The number of hydrogen-bond donors (Lipinski definition) is 1. The van der Waals surface area contributed by atoms with Crippen LogP contribution in [0.4, 0.5) is 0 Å². The Morgan fingerprint density at radius 1 is 0.889 bits per heavy atom. The second-order valence-electron chi connectivity index (χ2n) is 8.19. The Kier molecular flexibility index (Phi) is 4.33. The fraction of sp³-hybridized carbons (Fsp3) is 0.375. The molecule has 1 aliphatic carbocycles. The molecule has 3 heteroatoms. The molecule has 0 spiro atoms. The van der Waals surface area contributed by atoms with Crippen LogP contribution in [-0.2, 0) is 4.79 Å². The van der Waals surface area contributed by atoms with Crippen LogP contribution in [-0.4, -0.2) is 36.0 Å². The van der Waals surface area contributed by atoms with Gasteiger partial charge in [-0.1, -0.05) is 73.2 Å². The van der Waals surface area contributed by atoms with Crippen molar-refractivity contribution in [3.05, 3.63) is 71.3 Å². The predicted molar refractivity (Wildman–Crippen MR) is 109 cm³/mol.